The average Bonchev–Trinajstić information content (AvgIpc) is 2.81. The molecule has 3 aromatic rings. The van der Waals surface area contributed by atoms with Gasteiger partial charge in [-0.05, 0) is 40.2 Å². The standard InChI is InChI=1S/C14H12BrN3S/c15-9-4-3-7-17-14(9)10(16)8-13-18-11-5-1-2-6-12(11)19-13/h1-7,10H,8,16H2. The first-order valence-corrected chi connectivity index (χ1v) is 7.55. The molecule has 19 heavy (non-hydrogen) atoms. The molecule has 5 heteroatoms. The van der Waals surface area contributed by atoms with E-state index in [1.807, 2.05) is 30.3 Å². The van der Waals surface area contributed by atoms with Crippen LogP contribution in [0, 0.1) is 0 Å². The zero-order chi connectivity index (χ0) is 13.2. The first kappa shape index (κ1) is 12.7. The second-order valence-electron chi connectivity index (χ2n) is 4.26. The van der Waals surface area contributed by atoms with Gasteiger partial charge in [0.15, 0.2) is 0 Å². The molecule has 3 rings (SSSR count). The molecule has 1 unspecified atom stereocenters. The third-order valence-electron chi connectivity index (χ3n) is 2.87. The highest BCUT2D eigenvalue weighted by Gasteiger charge is 2.14. The normalized spacial score (nSPS) is 12.7. The molecular weight excluding hydrogens is 322 g/mol. The molecule has 96 valence electrons. The van der Waals surface area contributed by atoms with Gasteiger partial charge in [0.25, 0.3) is 0 Å². The van der Waals surface area contributed by atoms with Crippen LogP contribution in [-0.4, -0.2) is 9.97 Å². The number of nitrogens with zero attached hydrogens (tertiary/aromatic N) is 2. The minimum absolute atomic E-state index is 0.142. The zero-order valence-corrected chi connectivity index (χ0v) is 12.5. The second kappa shape index (κ2) is 5.36. The van der Waals surface area contributed by atoms with Crippen LogP contribution in [-0.2, 0) is 6.42 Å². The highest BCUT2D eigenvalue weighted by molar-refractivity contribution is 9.10. The number of fused-ring (bicyclic) bond motifs is 1. The number of aromatic nitrogens is 2. The lowest BCUT2D eigenvalue weighted by atomic mass is 10.1. The molecule has 2 N–H and O–H groups in total. The molecule has 0 aliphatic carbocycles. The number of pyridine rings is 1. The predicted molar refractivity (Wildman–Crippen MR) is 82.2 cm³/mol. The van der Waals surface area contributed by atoms with Gasteiger partial charge < -0.3 is 5.73 Å². The van der Waals surface area contributed by atoms with Crippen LogP contribution in [0.15, 0.2) is 47.1 Å². The van der Waals surface area contributed by atoms with E-state index in [2.05, 4.69) is 32.0 Å². The Morgan fingerprint density at radius 1 is 1.21 bits per heavy atom. The lowest BCUT2D eigenvalue weighted by Crippen LogP contribution is -2.15. The van der Waals surface area contributed by atoms with E-state index < -0.39 is 0 Å². The minimum Gasteiger partial charge on any atom is -0.322 e. The number of para-hydroxylation sites is 1. The van der Waals surface area contributed by atoms with Crippen molar-refractivity contribution in [1.29, 1.82) is 0 Å². The number of thiazole rings is 1. The number of benzene rings is 1. The number of hydrogen-bond acceptors (Lipinski definition) is 4. The summed E-state index contributed by atoms with van der Waals surface area (Å²) in [4.78, 5) is 8.94. The van der Waals surface area contributed by atoms with Gasteiger partial charge in [0, 0.05) is 17.1 Å². The largest absolute Gasteiger partial charge is 0.322 e. The maximum atomic E-state index is 6.22. The van der Waals surface area contributed by atoms with E-state index >= 15 is 0 Å². The molecular formula is C14H12BrN3S. The van der Waals surface area contributed by atoms with E-state index in [1.165, 1.54) is 4.70 Å². The maximum Gasteiger partial charge on any atom is 0.0958 e. The molecule has 2 aromatic heterocycles. The van der Waals surface area contributed by atoms with Gasteiger partial charge in [-0.3, -0.25) is 4.98 Å². The molecule has 1 aromatic carbocycles. The Kier molecular flexibility index (Phi) is 3.59. The summed E-state index contributed by atoms with van der Waals surface area (Å²) in [6, 6.07) is 11.8. The summed E-state index contributed by atoms with van der Waals surface area (Å²) in [5.41, 5.74) is 8.14. The molecule has 0 saturated carbocycles. The summed E-state index contributed by atoms with van der Waals surface area (Å²) in [7, 11) is 0. The first-order chi connectivity index (χ1) is 9.24. The molecule has 0 bridgehead atoms. The van der Waals surface area contributed by atoms with E-state index in [4.69, 9.17) is 5.73 Å². The third-order valence-corrected chi connectivity index (χ3v) is 4.60. The third kappa shape index (κ3) is 2.68. The van der Waals surface area contributed by atoms with Crippen molar-refractivity contribution < 1.29 is 0 Å². The van der Waals surface area contributed by atoms with Gasteiger partial charge in [0.2, 0.25) is 0 Å². The molecule has 0 spiro atoms. The van der Waals surface area contributed by atoms with Crippen LogP contribution in [0.1, 0.15) is 16.7 Å². The van der Waals surface area contributed by atoms with Crippen LogP contribution in [0.25, 0.3) is 10.2 Å². The molecule has 3 nitrogen and oxygen atoms in total. The summed E-state index contributed by atoms with van der Waals surface area (Å²) in [6.45, 7) is 0. The van der Waals surface area contributed by atoms with E-state index in [0.717, 1.165) is 20.7 Å². The lowest BCUT2D eigenvalue weighted by molar-refractivity contribution is 0.690. The smallest absolute Gasteiger partial charge is 0.0958 e. The number of hydrogen-bond donors (Lipinski definition) is 1. The molecule has 0 fully saturated rings. The summed E-state index contributed by atoms with van der Waals surface area (Å²) < 4.78 is 2.15. The van der Waals surface area contributed by atoms with Crippen molar-refractivity contribution in [3.8, 4) is 0 Å². The average molecular weight is 334 g/mol. The topological polar surface area (TPSA) is 51.8 Å². The van der Waals surface area contributed by atoms with Crippen LogP contribution >= 0.6 is 27.3 Å². The summed E-state index contributed by atoms with van der Waals surface area (Å²) >= 11 is 5.18. The van der Waals surface area contributed by atoms with Crippen molar-refractivity contribution in [2.45, 2.75) is 12.5 Å². The van der Waals surface area contributed by atoms with Gasteiger partial charge >= 0.3 is 0 Å². The Morgan fingerprint density at radius 3 is 2.84 bits per heavy atom. The second-order valence-corrected chi connectivity index (χ2v) is 6.23. The monoisotopic (exact) mass is 333 g/mol. The van der Waals surface area contributed by atoms with Gasteiger partial charge in [-0.25, -0.2) is 4.98 Å². The van der Waals surface area contributed by atoms with Crippen LogP contribution < -0.4 is 5.73 Å². The maximum absolute atomic E-state index is 6.22. The van der Waals surface area contributed by atoms with Crippen LogP contribution in [0.3, 0.4) is 0 Å². The quantitative estimate of drug-likeness (QED) is 0.795. The molecule has 0 aliphatic rings. The Hall–Kier alpha value is -1.30. The van der Waals surface area contributed by atoms with Gasteiger partial charge in [-0.2, -0.15) is 0 Å². The molecule has 2 heterocycles. The van der Waals surface area contributed by atoms with Gasteiger partial charge in [0.05, 0.1) is 27.0 Å². The fourth-order valence-corrected chi connectivity index (χ4v) is 3.54. The van der Waals surface area contributed by atoms with E-state index in [1.54, 1.807) is 17.5 Å². The zero-order valence-electron chi connectivity index (χ0n) is 10.1. The summed E-state index contributed by atoms with van der Waals surface area (Å²) in [5.74, 6) is 0. The minimum atomic E-state index is -0.142. The lowest BCUT2D eigenvalue weighted by Gasteiger charge is -2.10. The van der Waals surface area contributed by atoms with Crippen molar-refractivity contribution in [2.24, 2.45) is 5.73 Å². The Bertz CT molecular complexity index is 677. The first-order valence-electron chi connectivity index (χ1n) is 5.94. The van der Waals surface area contributed by atoms with Crippen LogP contribution in [0.5, 0.6) is 0 Å². The Balaban J connectivity index is 1.86. The van der Waals surface area contributed by atoms with Crippen molar-refractivity contribution in [2.75, 3.05) is 0 Å². The summed E-state index contributed by atoms with van der Waals surface area (Å²) in [5, 5.41) is 1.05. The van der Waals surface area contributed by atoms with Crippen molar-refractivity contribution in [3.05, 3.63) is 57.8 Å². The Morgan fingerprint density at radius 2 is 2.05 bits per heavy atom. The highest BCUT2D eigenvalue weighted by atomic mass is 79.9. The SMILES string of the molecule is NC(Cc1nc2ccccc2s1)c1ncccc1Br. The molecule has 0 saturated heterocycles. The molecule has 1 atom stereocenters. The van der Waals surface area contributed by atoms with Crippen molar-refractivity contribution in [3.63, 3.8) is 0 Å². The molecule has 0 radical (unpaired) electrons. The van der Waals surface area contributed by atoms with E-state index in [0.29, 0.717) is 6.42 Å². The van der Waals surface area contributed by atoms with Gasteiger partial charge in [0.1, 0.15) is 0 Å². The molecule has 0 aliphatic heterocycles. The number of nitrogens with two attached hydrogens (primary N) is 1. The van der Waals surface area contributed by atoms with Crippen molar-refractivity contribution >= 4 is 37.5 Å². The van der Waals surface area contributed by atoms with E-state index in [9.17, 15) is 0 Å². The van der Waals surface area contributed by atoms with Gasteiger partial charge in [-0.15, -0.1) is 11.3 Å². The van der Waals surface area contributed by atoms with Gasteiger partial charge in [-0.1, -0.05) is 12.1 Å². The fraction of sp³-hybridized carbons (Fsp3) is 0.143. The number of halogens is 1. The van der Waals surface area contributed by atoms with E-state index in [-0.39, 0.29) is 6.04 Å². The summed E-state index contributed by atoms with van der Waals surface area (Å²) in [6.07, 6.45) is 2.47. The van der Waals surface area contributed by atoms with Crippen LogP contribution in [0.4, 0.5) is 0 Å². The molecule has 0 amide bonds. The van der Waals surface area contributed by atoms with Crippen LogP contribution in [0.2, 0.25) is 0 Å². The fourth-order valence-electron chi connectivity index (χ4n) is 1.96. The number of rotatable bonds is 3. The predicted octanol–water partition coefficient (Wildman–Crippen LogP) is 3.70. The van der Waals surface area contributed by atoms with Crippen molar-refractivity contribution in [1.82, 2.24) is 9.97 Å². The highest BCUT2D eigenvalue weighted by Crippen LogP contribution is 2.26. The Labute approximate surface area is 123 Å².